The van der Waals surface area contributed by atoms with E-state index >= 15 is 0 Å². The number of carbonyl (C=O) groups excluding carboxylic acids is 3. The molecule has 256 valence electrons. The first-order valence-electron chi connectivity index (χ1n) is 16.0. The Labute approximate surface area is 289 Å². The molecule has 0 bridgehead atoms. The molecule has 4 rings (SSSR count). The minimum Gasteiger partial charge on any atom is -0.494 e. The lowest BCUT2D eigenvalue weighted by Gasteiger charge is -2.15. The maximum absolute atomic E-state index is 13.5. The van der Waals surface area contributed by atoms with Crippen LogP contribution in [0.5, 0.6) is 11.5 Å². The number of aliphatic carboxylic acids is 1. The number of anilines is 1. The first-order valence-corrected chi connectivity index (χ1v) is 16.4. The van der Waals surface area contributed by atoms with Crippen LogP contribution in [0.2, 0.25) is 5.02 Å². The van der Waals surface area contributed by atoms with Crippen LogP contribution in [-0.4, -0.2) is 41.5 Å². The predicted molar refractivity (Wildman–Crippen MR) is 185 cm³/mol. The lowest BCUT2D eigenvalue weighted by Crippen LogP contribution is -2.42. The van der Waals surface area contributed by atoms with Crippen molar-refractivity contribution >= 4 is 41.0 Å². The number of carboxylic acid groups (broad SMARTS) is 1. The molecule has 0 aliphatic rings. The minimum absolute atomic E-state index is 0.0217. The van der Waals surface area contributed by atoms with E-state index in [-0.39, 0.29) is 29.2 Å². The number of amides is 2. The highest BCUT2D eigenvalue weighted by Gasteiger charge is 2.22. The Morgan fingerprint density at radius 1 is 0.816 bits per heavy atom. The van der Waals surface area contributed by atoms with Gasteiger partial charge in [0.05, 0.1) is 18.6 Å². The number of benzene rings is 4. The van der Waals surface area contributed by atoms with Crippen molar-refractivity contribution in [2.45, 2.75) is 57.9 Å². The van der Waals surface area contributed by atoms with Crippen LogP contribution in [0.15, 0.2) is 91.0 Å². The molecule has 4 aromatic rings. The average molecular weight is 689 g/mol. The van der Waals surface area contributed by atoms with Crippen LogP contribution in [0.1, 0.15) is 70.9 Å². The van der Waals surface area contributed by atoms with Crippen LogP contribution in [0.25, 0.3) is 0 Å². The molecular formula is C38H38ClFN2O7. The van der Waals surface area contributed by atoms with Crippen LogP contribution in [0, 0.1) is 5.82 Å². The van der Waals surface area contributed by atoms with Gasteiger partial charge >= 0.3 is 11.9 Å². The summed E-state index contributed by atoms with van der Waals surface area (Å²) in [6.07, 6.45) is 5.55. The molecule has 0 aliphatic carbocycles. The Bertz CT molecular complexity index is 1730. The van der Waals surface area contributed by atoms with E-state index in [9.17, 15) is 28.7 Å². The zero-order valence-electron chi connectivity index (χ0n) is 27.0. The lowest BCUT2D eigenvalue weighted by atomic mass is 10.0. The topological polar surface area (TPSA) is 131 Å². The molecule has 0 saturated heterocycles. The zero-order chi connectivity index (χ0) is 35.2. The fourth-order valence-corrected chi connectivity index (χ4v) is 5.07. The molecule has 0 aromatic heterocycles. The molecule has 0 saturated carbocycles. The maximum Gasteiger partial charge on any atom is 0.343 e. The van der Waals surface area contributed by atoms with Crippen LogP contribution in [0.4, 0.5) is 10.1 Å². The van der Waals surface area contributed by atoms with Crippen LogP contribution in [0.3, 0.4) is 0 Å². The summed E-state index contributed by atoms with van der Waals surface area (Å²) in [5.41, 5.74) is 1.86. The molecular weight excluding hydrogens is 651 g/mol. The molecule has 1 atom stereocenters. The Morgan fingerprint density at radius 3 is 2.14 bits per heavy atom. The van der Waals surface area contributed by atoms with Gasteiger partial charge in [0.1, 0.15) is 23.4 Å². The number of ether oxygens (including phenoxy) is 2. The third kappa shape index (κ3) is 11.8. The van der Waals surface area contributed by atoms with Crippen molar-refractivity contribution in [3.05, 3.63) is 124 Å². The summed E-state index contributed by atoms with van der Waals surface area (Å²) in [6.45, 7) is 2.80. The number of rotatable bonds is 17. The molecule has 0 unspecified atom stereocenters. The van der Waals surface area contributed by atoms with Gasteiger partial charge in [-0.2, -0.15) is 0 Å². The Morgan fingerprint density at radius 2 is 1.47 bits per heavy atom. The van der Waals surface area contributed by atoms with Gasteiger partial charge in [-0.1, -0.05) is 56.3 Å². The van der Waals surface area contributed by atoms with Gasteiger partial charge in [0.2, 0.25) is 5.91 Å². The number of hydrogen-bond acceptors (Lipinski definition) is 6. The van der Waals surface area contributed by atoms with Gasteiger partial charge in [0, 0.05) is 22.7 Å². The van der Waals surface area contributed by atoms with Crippen molar-refractivity contribution in [2.75, 3.05) is 11.9 Å². The SMILES string of the molecule is CCCCCCCOc1ccc(C(=O)Oc2ccc(C[C@H](NC(=O)c3ccc(NC(=O)Cc4cc(F)ccc4Cl)cc3)C(=O)O)cc2)cc1. The molecule has 0 aliphatic heterocycles. The second-order valence-corrected chi connectivity index (χ2v) is 11.8. The summed E-state index contributed by atoms with van der Waals surface area (Å²) in [5, 5.41) is 15.2. The zero-order valence-corrected chi connectivity index (χ0v) is 27.8. The van der Waals surface area contributed by atoms with Crippen molar-refractivity contribution in [1.29, 1.82) is 0 Å². The van der Waals surface area contributed by atoms with Crippen LogP contribution >= 0.6 is 11.6 Å². The lowest BCUT2D eigenvalue weighted by molar-refractivity contribution is -0.139. The molecule has 9 nitrogen and oxygen atoms in total. The van der Waals surface area contributed by atoms with Gasteiger partial charge in [-0.05, 0) is 96.4 Å². The van der Waals surface area contributed by atoms with E-state index in [1.807, 2.05) is 0 Å². The molecule has 0 radical (unpaired) electrons. The van der Waals surface area contributed by atoms with E-state index in [0.717, 1.165) is 12.8 Å². The second kappa shape index (κ2) is 18.4. The summed E-state index contributed by atoms with van der Waals surface area (Å²) >= 11 is 6.03. The van der Waals surface area contributed by atoms with Gasteiger partial charge in [-0.25, -0.2) is 14.0 Å². The second-order valence-electron chi connectivity index (χ2n) is 11.4. The average Bonchev–Trinajstić information content (AvgIpc) is 3.09. The van der Waals surface area contributed by atoms with Gasteiger partial charge in [-0.15, -0.1) is 0 Å². The van der Waals surface area contributed by atoms with Crippen molar-refractivity contribution in [1.82, 2.24) is 5.32 Å². The number of hydrogen-bond donors (Lipinski definition) is 3. The van der Waals surface area contributed by atoms with Crippen molar-refractivity contribution in [2.24, 2.45) is 0 Å². The largest absolute Gasteiger partial charge is 0.494 e. The van der Waals surface area contributed by atoms with Gasteiger partial charge < -0.3 is 25.2 Å². The van der Waals surface area contributed by atoms with Gasteiger partial charge in [0.25, 0.3) is 5.91 Å². The summed E-state index contributed by atoms with van der Waals surface area (Å²) in [6, 6.07) is 21.5. The molecule has 11 heteroatoms. The first kappa shape index (κ1) is 36.6. The van der Waals surface area contributed by atoms with E-state index in [4.69, 9.17) is 21.1 Å². The van der Waals surface area contributed by atoms with E-state index in [2.05, 4.69) is 17.6 Å². The predicted octanol–water partition coefficient (Wildman–Crippen LogP) is 7.65. The number of carboxylic acids is 1. The van der Waals surface area contributed by atoms with E-state index in [1.165, 1.54) is 61.7 Å². The van der Waals surface area contributed by atoms with Crippen molar-refractivity contribution in [3.8, 4) is 11.5 Å². The van der Waals surface area contributed by atoms with Crippen LogP contribution in [-0.2, 0) is 22.4 Å². The third-order valence-electron chi connectivity index (χ3n) is 7.57. The molecule has 0 heterocycles. The molecule has 0 spiro atoms. The number of nitrogens with one attached hydrogen (secondary N) is 2. The Balaban J connectivity index is 1.25. The fourth-order valence-electron chi connectivity index (χ4n) is 4.88. The first-order chi connectivity index (χ1) is 23.6. The quantitative estimate of drug-likeness (QED) is 0.0590. The fraction of sp³-hybridized carbons (Fsp3) is 0.263. The summed E-state index contributed by atoms with van der Waals surface area (Å²) in [7, 11) is 0. The molecule has 4 aromatic carbocycles. The molecule has 3 N–H and O–H groups in total. The molecule has 2 amide bonds. The monoisotopic (exact) mass is 688 g/mol. The number of halogens is 2. The highest BCUT2D eigenvalue weighted by atomic mass is 35.5. The summed E-state index contributed by atoms with van der Waals surface area (Å²) in [4.78, 5) is 49.9. The number of esters is 1. The van der Waals surface area contributed by atoms with E-state index in [1.54, 1.807) is 48.5 Å². The smallest absolute Gasteiger partial charge is 0.343 e. The Kier molecular flexibility index (Phi) is 13.7. The minimum atomic E-state index is -1.24. The summed E-state index contributed by atoms with van der Waals surface area (Å²) < 4.78 is 24.7. The van der Waals surface area contributed by atoms with Gasteiger partial charge in [0.15, 0.2) is 0 Å². The van der Waals surface area contributed by atoms with E-state index in [0.29, 0.717) is 34.7 Å². The Hall–Kier alpha value is -5.22. The van der Waals surface area contributed by atoms with Crippen LogP contribution < -0.4 is 20.1 Å². The number of carbonyl (C=O) groups is 4. The number of unbranched alkanes of at least 4 members (excludes halogenated alkanes) is 4. The third-order valence-corrected chi connectivity index (χ3v) is 7.94. The molecule has 49 heavy (non-hydrogen) atoms. The van der Waals surface area contributed by atoms with Crippen molar-refractivity contribution in [3.63, 3.8) is 0 Å². The van der Waals surface area contributed by atoms with Crippen molar-refractivity contribution < 1.29 is 38.1 Å². The normalized spacial score (nSPS) is 11.3. The van der Waals surface area contributed by atoms with E-state index < -0.39 is 35.6 Å². The molecule has 0 fully saturated rings. The highest BCUT2D eigenvalue weighted by molar-refractivity contribution is 6.31. The standard InChI is InChI=1S/C38H38ClFN2O7/c1-2-3-4-5-6-21-48-31-18-11-27(12-19-31)38(47)49-32-16-7-25(8-17-32)22-34(37(45)46)42-36(44)26-9-14-30(15-10-26)41-35(43)24-28-23-29(40)13-20-33(28)39/h7-20,23,34H,2-6,21-22,24H2,1H3,(H,41,43)(H,42,44)(H,45,46)/t34-/m0/s1. The summed E-state index contributed by atoms with van der Waals surface area (Å²) in [5.74, 6) is -2.37. The highest BCUT2D eigenvalue weighted by Crippen LogP contribution is 2.20. The van der Waals surface area contributed by atoms with Gasteiger partial charge in [-0.3, -0.25) is 9.59 Å². The maximum atomic E-state index is 13.5.